The standard InChI is InChI=1S/C13H13Br2NS/c1-9-6-10(2-4-12(9)14)7-16-8-11-3-5-13(15)17-11/h2-6,16H,7-8H2,1H3. The Morgan fingerprint density at radius 3 is 2.59 bits per heavy atom. The Morgan fingerprint density at radius 1 is 1.12 bits per heavy atom. The molecule has 1 aromatic carbocycles. The molecule has 2 rings (SSSR count). The summed E-state index contributed by atoms with van der Waals surface area (Å²) in [7, 11) is 0. The summed E-state index contributed by atoms with van der Waals surface area (Å²) >= 11 is 8.76. The third-order valence-electron chi connectivity index (χ3n) is 2.48. The van der Waals surface area contributed by atoms with Gasteiger partial charge in [-0.05, 0) is 52.2 Å². The largest absolute Gasteiger partial charge is 0.308 e. The summed E-state index contributed by atoms with van der Waals surface area (Å²) in [5.41, 5.74) is 2.60. The first-order chi connectivity index (χ1) is 8.15. The molecule has 17 heavy (non-hydrogen) atoms. The number of aryl methyl sites for hydroxylation is 1. The molecular formula is C13H13Br2NS. The predicted molar refractivity (Wildman–Crippen MR) is 81.4 cm³/mol. The van der Waals surface area contributed by atoms with Gasteiger partial charge in [0.25, 0.3) is 0 Å². The monoisotopic (exact) mass is 373 g/mol. The van der Waals surface area contributed by atoms with Crippen LogP contribution in [-0.2, 0) is 13.1 Å². The smallest absolute Gasteiger partial charge is 0.0701 e. The molecule has 0 spiro atoms. The van der Waals surface area contributed by atoms with Crippen molar-refractivity contribution in [2.24, 2.45) is 0 Å². The molecule has 0 fully saturated rings. The van der Waals surface area contributed by atoms with E-state index in [1.165, 1.54) is 24.3 Å². The van der Waals surface area contributed by atoms with Gasteiger partial charge in [-0.15, -0.1) is 11.3 Å². The first-order valence-electron chi connectivity index (χ1n) is 5.35. The number of nitrogens with one attached hydrogen (secondary N) is 1. The van der Waals surface area contributed by atoms with Crippen molar-refractivity contribution >= 4 is 43.2 Å². The molecule has 0 saturated heterocycles. The van der Waals surface area contributed by atoms with Crippen LogP contribution in [0.5, 0.6) is 0 Å². The maximum atomic E-state index is 3.51. The highest BCUT2D eigenvalue weighted by Crippen LogP contribution is 2.22. The minimum Gasteiger partial charge on any atom is -0.308 e. The molecule has 1 heterocycles. The molecule has 4 heteroatoms. The SMILES string of the molecule is Cc1cc(CNCc2ccc(Br)s2)ccc1Br. The van der Waals surface area contributed by atoms with E-state index < -0.39 is 0 Å². The van der Waals surface area contributed by atoms with Gasteiger partial charge in [0.1, 0.15) is 0 Å². The molecule has 1 nitrogen and oxygen atoms in total. The topological polar surface area (TPSA) is 12.0 Å². The molecule has 1 N–H and O–H groups in total. The third-order valence-corrected chi connectivity index (χ3v) is 4.99. The zero-order valence-electron chi connectivity index (χ0n) is 9.47. The average Bonchev–Trinajstić information content (AvgIpc) is 2.70. The number of rotatable bonds is 4. The second-order valence-electron chi connectivity index (χ2n) is 3.89. The van der Waals surface area contributed by atoms with E-state index in [1.54, 1.807) is 11.3 Å². The highest BCUT2D eigenvalue weighted by molar-refractivity contribution is 9.11. The molecule has 0 saturated carbocycles. The molecule has 1 aromatic heterocycles. The Hall–Kier alpha value is -0.160. The van der Waals surface area contributed by atoms with Crippen molar-refractivity contribution in [2.45, 2.75) is 20.0 Å². The van der Waals surface area contributed by atoms with Crippen LogP contribution in [-0.4, -0.2) is 0 Å². The molecular weight excluding hydrogens is 362 g/mol. The van der Waals surface area contributed by atoms with Gasteiger partial charge in [-0.25, -0.2) is 0 Å². The molecule has 0 unspecified atom stereocenters. The Balaban J connectivity index is 1.87. The quantitative estimate of drug-likeness (QED) is 0.804. The van der Waals surface area contributed by atoms with E-state index in [2.05, 4.69) is 74.4 Å². The Bertz CT molecular complexity index is 508. The summed E-state index contributed by atoms with van der Waals surface area (Å²) < 4.78 is 2.36. The normalized spacial score (nSPS) is 10.8. The summed E-state index contributed by atoms with van der Waals surface area (Å²) in [4.78, 5) is 1.35. The lowest BCUT2D eigenvalue weighted by molar-refractivity contribution is 0.700. The molecule has 0 aliphatic rings. The molecule has 0 bridgehead atoms. The van der Waals surface area contributed by atoms with Crippen molar-refractivity contribution < 1.29 is 0 Å². The van der Waals surface area contributed by atoms with Gasteiger partial charge in [-0.2, -0.15) is 0 Å². The van der Waals surface area contributed by atoms with Crippen LogP contribution in [0.2, 0.25) is 0 Å². The lowest BCUT2D eigenvalue weighted by Gasteiger charge is -2.05. The average molecular weight is 375 g/mol. The minimum absolute atomic E-state index is 0.906. The zero-order valence-corrected chi connectivity index (χ0v) is 13.5. The second-order valence-corrected chi connectivity index (χ2v) is 7.29. The van der Waals surface area contributed by atoms with Crippen LogP contribution in [0, 0.1) is 6.92 Å². The highest BCUT2D eigenvalue weighted by Gasteiger charge is 1.99. The van der Waals surface area contributed by atoms with Gasteiger partial charge in [0.05, 0.1) is 3.79 Å². The lowest BCUT2D eigenvalue weighted by atomic mass is 10.1. The fraction of sp³-hybridized carbons (Fsp3) is 0.231. The second kappa shape index (κ2) is 6.14. The van der Waals surface area contributed by atoms with E-state index in [0.717, 1.165) is 13.1 Å². The van der Waals surface area contributed by atoms with Crippen molar-refractivity contribution in [3.05, 3.63) is 54.6 Å². The van der Waals surface area contributed by atoms with Crippen molar-refractivity contribution in [3.63, 3.8) is 0 Å². The maximum absolute atomic E-state index is 3.51. The van der Waals surface area contributed by atoms with E-state index in [-0.39, 0.29) is 0 Å². The van der Waals surface area contributed by atoms with Gasteiger partial charge in [0.15, 0.2) is 0 Å². The van der Waals surface area contributed by atoms with Crippen molar-refractivity contribution in [1.29, 1.82) is 0 Å². The zero-order chi connectivity index (χ0) is 12.3. The Kier molecular flexibility index (Phi) is 4.79. The molecule has 0 aliphatic heterocycles. The fourth-order valence-electron chi connectivity index (χ4n) is 1.59. The summed E-state index contributed by atoms with van der Waals surface area (Å²) in [5.74, 6) is 0. The summed E-state index contributed by atoms with van der Waals surface area (Å²) in [6.45, 7) is 3.94. The van der Waals surface area contributed by atoms with E-state index in [0.29, 0.717) is 0 Å². The first-order valence-corrected chi connectivity index (χ1v) is 7.75. The van der Waals surface area contributed by atoms with Gasteiger partial charge in [0, 0.05) is 22.4 Å². The van der Waals surface area contributed by atoms with Crippen LogP contribution in [0.1, 0.15) is 16.0 Å². The fourth-order valence-corrected chi connectivity index (χ4v) is 3.29. The van der Waals surface area contributed by atoms with Gasteiger partial charge >= 0.3 is 0 Å². The Labute approximate surface area is 123 Å². The van der Waals surface area contributed by atoms with Crippen LogP contribution in [0.25, 0.3) is 0 Å². The number of halogens is 2. The lowest BCUT2D eigenvalue weighted by Crippen LogP contribution is -2.11. The van der Waals surface area contributed by atoms with E-state index in [4.69, 9.17) is 0 Å². The molecule has 2 aromatic rings. The molecule has 0 atom stereocenters. The summed E-state index contributed by atoms with van der Waals surface area (Å²) in [5, 5.41) is 3.45. The number of benzene rings is 1. The number of hydrogen-bond donors (Lipinski definition) is 1. The molecule has 90 valence electrons. The van der Waals surface area contributed by atoms with Gasteiger partial charge < -0.3 is 5.32 Å². The maximum Gasteiger partial charge on any atom is 0.0701 e. The van der Waals surface area contributed by atoms with Crippen molar-refractivity contribution in [2.75, 3.05) is 0 Å². The van der Waals surface area contributed by atoms with Crippen LogP contribution in [0.3, 0.4) is 0 Å². The van der Waals surface area contributed by atoms with Crippen LogP contribution in [0.15, 0.2) is 38.6 Å². The van der Waals surface area contributed by atoms with E-state index in [1.807, 2.05) is 0 Å². The van der Waals surface area contributed by atoms with Crippen LogP contribution < -0.4 is 5.32 Å². The highest BCUT2D eigenvalue weighted by atomic mass is 79.9. The van der Waals surface area contributed by atoms with Gasteiger partial charge in [0.2, 0.25) is 0 Å². The van der Waals surface area contributed by atoms with Gasteiger partial charge in [-0.3, -0.25) is 0 Å². The van der Waals surface area contributed by atoms with Crippen molar-refractivity contribution in [3.8, 4) is 0 Å². The summed E-state index contributed by atoms with van der Waals surface area (Å²) in [6.07, 6.45) is 0. The predicted octanol–water partition coefficient (Wildman–Crippen LogP) is 4.87. The number of thiophene rings is 1. The van der Waals surface area contributed by atoms with Crippen LogP contribution >= 0.6 is 43.2 Å². The first kappa shape index (κ1) is 13.3. The van der Waals surface area contributed by atoms with Gasteiger partial charge in [-0.1, -0.05) is 28.1 Å². The number of hydrogen-bond acceptors (Lipinski definition) is 2. The van der Waals surface area contributed by atoms with Crippen molar-refractivity contribution in [1.82, 2.24) is 5.32 Å². The van der Waals surface area contributed by atoms with E-state index in [9.17, 15) is 0 Å². The molecule has 0 amide bonds. The third kappa shape index (κ3) is 3.91. The Morgan fingerprint density at radius 2 is 1.94 bits per heavy atom. The van der Waals surface area contributed by atoms with Crippen LogP contribution in [0.4, 0.5) is 0 Å². The molecule has 0 radical (unpaired) electrons. The molecule has 0 aliphatic carbocycles. The van der Waals surface area contributed by atoms with E-state index >= 15 is 0 Å². The minimum atomic E-state index is 0.906. The summed E-state index contributed by atoms with van der Waals surface area (Å²) in [6, 6.07) is 10.7.